The minimum Gasteiger partial charge on any atom is -0.378 e. The van der Waals surface area contributed by atoms with Crippen molar-refractivity contribution in [2.75, 3.05) is 6.61 Å². The Bertz CT molecular complexity index is 516. The standard InChI is InChI=1S/C15H19NOS/c1-2-17-13-7-12(8-13)16-9-11-10-18-15-6-4-3-5-14(11)15/h3-6,10,12-13,16H,2,7-9H2,1H3. The van der Waals surface area contributed by atoms with Gasteiger partial charge in [0, 0.05) is 23.9 Å². The van der Waals surface area contributed by atoms with E-state index in [2.05, 4.69) is 41.9 Å². The summed E-state index contributed by atoms with van der Waals surface area (Å²) in [6.45, 7) is 3.89. The number of rotatable bonds is 5. The van der Waals surface area contributed by atoms with E-state index in [0.29, 0.717) is 12.1 Å². The monoisotopic (exact) mass is 261 g/mol. The van der Waals surface area contributed by atoms with Crippen molar-refractivity contribution in [3.63, 3.8) is 0 Å². The third-order valence-electron chi connectivity index (χ3n) is 3.64. The molecule has 18 heavy (non-hydrogen) atoms. The molecule has 1 saturated carbocycles. The summed E-state index contributed by atoms with van der Waals surface area (Å²) in [6.07, 6.45) is 2.82. The topological polar surface area (TPSA) is 21.3 Å². The molecule has 2 aromatic rings. The van der Waals surface area contributed by atoms with E-state index in [0.717, 1.165) is 26.0 Å². The van der Waals surface area contributed by atoms with Crippen molar-refractivity contribution < 1.29 is 4.74 Å². The molecule has 0 bridgehead atoms. The molecular weight excluding hydrogens is 242 g/mol. The lowest BCUT2D eigenvalue weighted by atomic mass is 9.89. The first-order valence-corrected chi connectivity index (χ1v) is 7.55. The number of nitrogens with one attached hydrogen (secondary N) is 1. The van der Waals surface area contributed by atoms with E-state index in [-0.39, 0.29) is 0 Å². The molecule has 0 radical (unpaired) electrons. The van der Waals surface area contributed by atoms with Crippen LogP contribution in [0.15, 0.2) is 29.6 Å². The molecule has 1 N–H and O–H groups in total. The van der Waals surface area contributed by atoms with Crippen molar-refractivity contribution in [1.82, 2.24) is 5.32 Å². The van der Waals surface area contributed by atoms with Gasteiger partial charge in [-0.1, -0.05) is 18.2 Å². The molecule has 96 valence electrons. The van der Waals surface area contributed by atoms with Crippen LogP contribution < -0.4 is 5.32 Å². The van der Waals surface area contributed by atoms with Gasteiger partial charge in [0.15, 0.2) is 0 Å². The van der Waals surface area contributed by atoms with Crippen LogP contribution in [0.4, 0.5) is 0 Å². The van der Waals surface area contributed by atoms with Gasteiger partial charge >= 0.3 is 0 Å². The zero-order valence-electron chi connectivity index (χ0n) is 10.7. The third kappa shape index (κ3) is 2.44. The Morgan fingerprint density at radius 2 is 2.17 bits per heavy atom. The van der Waals surface area contributed by atoms with E-state index >= 15 is 0 Å². The molecule has 2 nitrogen and oxygen atoms in total. The van der Waals surface area contributed by atoms with Gasteiger partial charge in [0.05, 0.1) is 6.10 Å². The second-order valence-electron chi connectivity index (χ2n) is 4.88. The molecule has 0 amide bonds. The van der Waals surface area contributed by atoms with Crippen LogP contribution in [0.1, 0.15) is 25.3 Å². The molecule has 1 aromatic heterocycles. The highest BCUT2D eigenvalue weighted by atomic mass is 32.1. The van der Waals surface area contributed by atoms with Gasteiger partial charge in [0.2, 0.25) is 0 Å². The lowest BCUT2D eigenvalue weighted by Crippen LogP contribution is -2.45. The van der Waals surface area contributed by atoms with Crippen molar-refractivity contribution in [3.05, 3.63) is 35.2 Å². The van der Waals surface area contributed by atoms with Gasteiger partial charge in [-0.15, -0.1) is 11.3 Å². The van der Waals surface area contributed by atoms with E-state index in [1.54, 1.807) is 0 Å². The van der Waals surface area contributed by atoms with Crippen LogP contribution in [0.2, 0.25) is 0 Å². The van der Waals surface area contributed by atoms with Crippen LogP contribution >= 0.6 is 11.3 Å². The van der Waals surface area contributed by atoms with Gasteiger partial charge in [0.25, 0.3) is 0 Å². The summed E-state index contributed by atoms with van der Waals surface area (Å²) in [5.74, 6) is 0. The fourth-order valence-electron chi connectivity index (χ4n) is 2.53. The van der Waals surface area contributed by atoms with E-state index in [1.807, 2.05) is 11.3 Å². The van der Waals surface area contributed by atoms with E-state index in [1.165, 1.54) is 15.6 Å². The molecular formula is C15H19NOS. The SMILES string of the molecule is CCOC1CC(NCc2csc3ccccc23)C1. The molecule has 3 heteroatoms. The van der Waals surface area contributed by atoms with Crippen molar-refractivity contribution in [2.45, 2.75) is 38.5 Å². The predicted molar refractivity (Wildman–Crippen MR) is 77.1 cm³/mol. The summed E-state index contributed by atoms with van der Waals surface area (Å²) < 4.78 is 6.96. The molecule has 3 rings (SSSR count). The Morgan fingerprint density at radius 1 is 1.33 bits per heavy atom. The van der Waals surface area contributed by atoms with Crippen molar-refractivity contribution >= 4 is 21.4 Å². The highest BCUT2D eigenvalue weighted by Gasteiger charge is 2.28. The molecule has 0 spiro atoms. The molecule has 0 atom stereocenters. The number of ether oxygens (including phenoxy) is 1. The largest absolute Gasteiger partial charge is 0.378 e. The number of thiophene rings is 1. The first-order valence-electron chi connectivity index (χ1n) is 6.67. The predicted octanol–water partition coefficient (Wildman–Crippen LogP) is 3.56. The van der Waals surface area contributed by atoms with Gasteiger partial charge in [-0.2, -0.15) is 0 Å². The quantitative estimate of drug-likeness (QED) is 0.888. The maximum atomic E-state index is 5.58. The number of hydrogen-bond acceptors (Lipinski definition) is 3. The van der Waals surface area contributed by atoms with Crippen molar-refractivity contribution in [1.29, 1.82) is 0 Å². The molecule has 0 saturated heterocycles. The first-order chi connectivity index (χ1) is 8.86. The maximum absolute atomic E-state index is 5.58. The maximum Gasteiger partial charge on any atom is 0.0604 e. The highest BCUT2D eigenvalue weighted by Crippen LogP contribution is 2.27. The summed E-state index contributed by atoms with van der Waals surface area (Å²) in [7, 11) is 0. The average molecular weight is 261 g/mol. The Labute approximate surface area is 112 Å². The summed E-state index contributed by atoms with van der Waals surface area (Å²) in [4.78, 5) is 0. The zero-order valence-corrected chi connectivity index (χ0v) is 11.5. The summed E-state index contributed by atoms with van der Waals surface area (Å²) in [5.41, 5.74) is 1.43. The molecule has 1 aromatic carbocycles. The van der Waals surface area contributed by atoms with Gasteiger partial charge < -0.3 is 10.1 Å². The molecule has 1 aliphatic rings. The van der Waals surface area contributed by atoms with Crippen LogP contribution in [0, 0.1) is 0 Å². The average Bonchev–Trinajstić information content (AvgIpc) is 2.75. The van der Waals surface area contributed by atoms with E-state index in [9.17, 15) is 0 Å². The molecule has 1 heterocycles. The smallest absolute Gasteiger partial charge is 0.0604 e. The summed E-state index contributed by atoms with van der Waals surface area (Å²) in [5, 5.41) is 7.30. The Kier molecular flexibility index (Phi) is 3.64. The zero-order chi connectivity index (χ0) is 12.4. The lowest BCUT2D eigenvalue weighted by molar-refractivity contribution is -0.0102. The van der Waals surface area contributed by atoms with Crippen LogP contribution in [0.5, 0.6) is 0 Å². The Balaban J connectivity index is 1.55. The van der Waals surface area contributed by atoms with Crippen molar-refractivity contribution in [3.8, 4) is 0 Å². The lowest BCUT2D eigenvalue weighted by Gasteiger charge is -2.35. The van der Waals surface area contributed by atoms with Gasteiger partial charge in [0.1, 0.15) is 0 Å². The fraction of sp³-hybridized carbons (Fsp3) is 0.467. The number of fused-ring (bicyclic) bond motifs is 1. The normalized spacial score (nSPS) is 23.2. The number of benzene rings is 1. The van der Waals surface area contributed by atoms with Crippen molar-refractivity contribution in [2.24, 2.45) is 0 Å². The molecule has 0 unspecified atom stereocenters. The molecule has 1 aliphatic carbocycles. The third-order valence-corrected chi connectivity index (χ3v) is 4.65. The molecule has 1 fully saturated rings. The first kappa shape index (κ1) is 12.2. The van der Waals surface area contributed by atoms with E-state index in [4.69, 9.17) is 4.74 Å². The Morgan fingerprint density at radius 3 is 3.00 bits per heavy atom. The van der Waals surface area contributed by atoms with Crippen LogP contribution in [-0.4, -0.2) is 18.8 Å². The van der Waals surface area contributed by atoms with Crippen LogP contribution in [0.25, 0.3) is 10.1 Å². The van der Waals surface area contributed by atoms with Gasteiger partial charge in [-0.3, -0.25) is 0 Å². The summed E-state index contributed by atoms with van der Waals surface area (Å²) >= 11 is 1.84. The summed E-state index contributed by atoms with van der Waals surface area (Å²) in [6, 6.07) is 9.27. The Hall–Kier alpha value is -0.900. The molecule has 0 aliphatic heterocycles. The number of hydrogen-bond donors (Lipinski definition) is 1. The fourth-order valence-corrected chi connectivity index (χ4v) is 3.49. The second kappa shape index (κ2) is 5.39. The van der Waals surface area contributed by atoms with Gasteiger partial charge in [-0.05, 0) is 42.2 Å². The minimum absolute atomic E-state index is 0.492. The van der Waals surface area contributed by atoms with Crippen LogP contribution in [0.3, 0.4) is 0 Å². The minimum atomic E-state index is 0.492. The van der Waals surface area contributed by atoms with Gasteiger partial charge in [-0.25, -0.2) is 0 Å². The van der Waals surface area contributed by atoms with Crippen LogP contribution in [-0.2, 0) is 11.3 Å². The second-order valence-corrected chi connectivity index (χ2v) is 5.79. The highest BCUT2D eigenvalue weighted by molar-refractivity contribution is 7.17. The van der Waals surface area contributed by atoms with E-state index < -0.39 is 0 Å².